The fourth-order valence-corrected chi connectivity index (χ4v) is 3.82. The molecule has 0 saturated heterocycles. The Labute approximate surface area is 181 Å². The highest BCUT2D eigenvalue weighted by molar-refractivity contribution is 9.10. The molecule has 0 aromatic heterocycles. The van der Waals surface area contributed by atoms with Crippen LogP contribution in [0.3, 0.4) is 0 Å². The zero-order chi connectivity index (χ0) is 21.3. The van der Waals surface area contributed by atoms with Crippen molar-refractivity contribution >= 4 is 39.3 Å². The van der Waals surface area contributed by atoms with Gasteiger partial charge in [-0.25, -0.2) is 0 Å². The second kappa shape index (κ2) is 8.12. The SMILES string of the molecule is COc1ccc(C(=O)N(CN2C(=O)c3ccccc3C2=O)c2ccccc2Br)cc1. The summed E-state index contributed by atoms with van der Waals surface area (Å²) in [5, 5.41) is 0. The molecule has 3 aromatic carbocycles. The molecule has 7 heteroatoms. The molecular formula is C23H17BrN2O4. The molecule has 0 fully saturated rings. The summed E-state index contributed by atoms with van der Waals surface area (Å²) in [6, 6.07) is 20.5. The van der Waals surface area contributed by atoms with Gasteiger partial charge in [-0.05, 0) is 64.5 Å². The van der Waals surface area contributed by atoms with Crippen LogP contribution in [-0.2, 0) is 0 Å². The summed E-state index contributed by atoms with van der Waals surface area (Å²) in [5.41, 5.74) is 1.64. The minimum atomic E-state index is -0.421. The fourth-order valence-electron chi connectivity index (χ4n) is 3.32. The van der Waals surface area contributed by atoms with Crippen LogP contribution in [0.5, 0.6) is 5.75 Å². The van der Waals surface area contributed by atoms with Gasteiger partial charge in [0.05, 0.1) is 23.9 Å². The summed E-state index contributed by atoms with van der Waals surface area (Å²) < 4.78 is 5.82. The number of hydrogen-bond donors (Lipinski definition) is 0. The van der Waals surface area contributed by atoms with Gasteiger partial charge in [0.15, 0.2) is 0 Å². The van der Waals surface area contributed by atoms with E-state index in [1.54, 1.807) is 73.8 Å². The number of carbonyl (C=O) groups is 3. The Morgan fingerprint density at radius 3 is 2.03 bits per heavy atom. The predicted molar refractivity (Wildman–Crippen MR) is 116 cm³/mol. The minimum Gasteiger partial charge on any atom is -0.497 e. The molecule has 30 heavy (non-hydrogen) atoms. The van der Waals surface area contributed by atoms with Crippen molar-refractivity contribution in [3.63, 3.8) is 0 Å². The largest absolute Gasteiger partial charge is 0.497 e. The average Bonchev–Trinajstić information content (AvgIpc) is 3.02. The van der Waals surface area contributed by atoms with E-state index in [2.05, 4.69) is 15.9 Å². The lowest BCUT2D eigenvalue weighted by Crippen LogP contribution is -2.44. The Balaban J connectivity index is 1.72. The number of methoxy groups -OCH3 is 1. The molecule has 3 amide bonds. The van der Waals surface area contributed by atoms with Crippen LogP contribution in [0.1, 0.15) is 31.1 Å². The van der Waals surface area contributed by atoms with Crippen LogP contribution in [0.4, 0.5) is 5.69 Å². The van der Waals surface area contributed by atoms with Crippen LogP contribution >= 0.6 is 15.9 Å². The van der Waals surface area contributed by atoms with Crippen molar-refractivity contribution < 1.29 is 19.1 Å². The van der Waals surface area contributed by atoms with E-state index in [4.69, 9.17) is 4.74 Å². The first-order chi connectivity index (χ1) is 14.5. The first-order valence-corrected chi connectivity index (χ1v) is 9.96. The van der Waals surface area contributed by atoms with E-state index in [1.165, 1.54) is 4.90 Å². The third-order valence-electron chi connectivity index (χ3n) is 4.89. The van der Waals surface area contributed by atoms with Crippen LogP contribution in [0.2, 0.25) is 0 Å². The van der Waals surface area contributed by atoms with Crippen molar-refractivity contribution in [3.05, 3.63) is 94.0 Å². The number of halogens is 1. The summed E-state index contributed by atoms with van der Waals surface area (Å²) in [4.78, 5) is 41.6. The van der Waals surface area contributed by atoms with Crippen LogP contribution in [-0.4, -0.2) is 36.4 Å². The van der Waals surface area contributed by atoms with Crippen molar-refractivity contribution in [2.24, 2.45) is 0 Å². The van der Waals surface area contributed by atoms with E-state index in [9.17, 15) is 14.4 Å². The number of para-hydroxylation sites is 1. The average molecular weight is 465 g/mol. The topological polar surface area (TPSA) is 66.9 Å². The van der Waals surface area contributed by atoms with Gasteiger partial charge in [-0.1, -0.05) is 24.3 Å². The van der Waals surface area contributed by atoms with E-state index in [0.717, 1.165) is 4.90 Å². The number of amides is 3. The maximum Gasteiger partial charge on any atom is 0.263 e. The standard InChI is InChI=1S/C23H17BrN2O4/c1-30-16-12-10-15(11-13-16)21(27)25(20-9-5-4-8-19(20)24)14-26-22(28)17-6-2-3-7-18(17)23(26)29/h2-13H,14H2,1H3. The van der Waals surface area contributed by atoms with Crippen molar-refractivity contribution in [2.75, 3.05) is 18.7 Å². The molecule has 6 nitrogen and oxygen atoms in total. The molecule has 0 N–H and O–H groups in total. The number of nitrogens with zero attached hydrogens (tertiary/aromatic N) is 2. The number of carbonyl (C=O) groups excluding carboxylic acids is 3. The molecule has 1 aliphatic heterocycles. The number of hydrogen-bond acceptors (Lipinski definition) is 4. The highest BCUT2D eigenvalue weighted by Gasteiger charge is 2.37. The summed E-state index contributed by atoms with van der Waals surface area (Å²) in [7, 11) is 1.55. The maximum atomic E-state index is 13.4. The second-order valence-corrected chi connectivity index (χ2v) is 7.49. The van der Waals surface area contributed by atoms with E-state index in [0.29, 0.717) is 32.6 Å². The minimum absolute atomic E-state index is 0.209. The Morgan fingerprint density at radius 1 is 0.900 bits per heavy atom. The number of anilines is 1. The van der Waals surface area contributed by atoms with Crippen LogP contribution < -0.4 is 9.64 Å². The van der Waals surface area contributed by atoms with Gasteiger partial charge in [-0.3, -0.25) is 24.2 Å². The molecule has 1 heterocycles. The van der Waals surface area contributed by atoms with E-state index >= 15 is 0 Å². The number of rotatable bonds is 5. The second-order valence-electron chi connectivity index (χ2n) is 6.64. The first kappa shape index (κ1) is 19.8. The molecule has 1 aliphatic rings. The lowest BCUT2D eigenvalue weighted by atomic mass is 10.1. The van der Waals surface area contributed by atoms with Crippen molar-refractivity contribution in [1.82, 2.24) is 4.90 Å². The van der Waals surface area contributed by atoms with Crippen LogP contribution in [0, 0.1) is 0 Å². The molecule has 0 bridgehead atoms. The third-order valence-corrected chi connectivity index (χ3v) is 5.56. The Morgan fingerprint density at radius 2 is 1.47 bits per heavy atom. The third kappa shape index (κ3) is 3.48. The zero-order valence-electron chi connectivity index (χ0n) is 16.0. The van der Waals surface area contributed by atoms with Gasteiger partial charge in [0.2, 0.25) is 0 Å². The highest BCUT2D eigenvalue weighted by Crippen LogP contribution is 2.30. The molecule has 0 atom stereocenters. The van der Waals surface area contributed by atoms with Gasteiger partial charge in [-0.15, -0.1) is 0 Å². The predicted octanol–water partition coefficient (Wildman–Crippen LogP) is 4.36. The Kier molecular flexibility index (Phi) is 5.37. The normalized spacial score (nSPS) is 12.7. The number of benzene rings is 3. The number of imide groups is 1. The molecule has 0 radical (unpaired) electrons. The Bertz CT molecular complexity index is 1110. The lowest BCUT2D eigenvalue weighted by molar-refractivity contribution is 0.0650. The van der Waals surface area contributed by atoms with Gasteiger partial charge in [0.25, 0.3) is 17.7 Å². The molecule has 4 rings (SSSR count). The number of ether oxygens (including phenoxy) is 1. The molecule has 0 aliphatic carbocycles. The zero-order valence-corrected chi connectivity index (χ0v) is 17.6. The number of fused-ring (bicyclic) bond motifs is 1. The van der Waals surface area contributed by atoms with E-state index < -0.39 is 11.8 Å². The van der Waals surface area contributed by atoms with E-state index in [1.807, 2.05) is 6.07 Å². The van der Waals surface area contributed by atoms with Gasteiger partial charge in [0, 0.05) is 10.0 Å². The van der Waals surface area contributed by atoms with Crippen LogP contribution in [0.15, 0.2) is 77.3 Å². The lowest BCUT2D eigenvalue weighted by Gasteiger charge is -2.28. The van der Waals surface area contributed by atoms with Gasteiger partial charge < -0.3 is 4.74 Å². The summed E-state index contributed by atoms with van der Waals surface area (Å²) >= 11 is 3.47. The summed E-state index contributed by atoms with van der Waals surface area (Å²) in [6.07, 6.45) is 0. The Hall–Kier alpha value is -3.45. The van der Waals surface area contributed by atoms with Gasteiger partial charge >= 0.3 is 0 Å². The highest BCUT2D eigenvalue weighted by atomic mass is 79.9. The summed E-state index contributed by atoms with van der Waals surface area (Å²) in [5.74, 6) is -0.564. The van der Waals surface area contributed by atoms with Crippen molar-refractivity contribution in [1.29, 1.82) is 0 Å². The molecule has 150 valence electrons. The molecule has 3 aromatic rings. The van der Waals surface area contributed by atoms with Gasteiger partial charge in [0.1, 0.15) is 12.4 Å². The van der Waals surface area contributed by atoms with Gasteiger partial charge in [-0.2, -0.15) is 0 Å². The monoisotopic (exact) mass is 464 g/mol. The van der Waals surface area contributed by atoms with E-state index in [-0.39, 0.29) is 12.6 Å². The quantitative estimate of drug-likeness (QED) is 0.526. The molecule has 0 spiro atoms. The molecular weight excluding hydrogens is 448 g/mol. The molecule has 0 saturated carbocycles. The first-order valence-electron chi connectivity index (χ1n) is 9.17. The fraction of sp³-hybridized carbons (Fsp3) is 0.0870. The summed E-state index contributed by atoms with van der Waals surface area (Å²) in [6.45, 7) is -0.209. The molecule has 0 unspecified atom stereocenters. The van der Waals surface area contributed by atoms with Crippen molar-refractivity contribution in [2.45, 2.75) is 0 Å². The van der Waals surface area contributed by atoms with Crippen LogP contribution in [0.25, 0.3) is 0 Å². The maximum absolute atomic E-state index is 13.4. The van der Waals surface area contributed by atoms with Crippen molar-refractivity contribution in [3.8, 4) is 5.75 Å². The smallest absolute Gasteiger partial charge is 0.263 e.